The number of rotatable bonds is 7. The van der Waals surface area contributed by atoms with Gasteiger partial charge in [-0.05, 0) is 24.5 Å². The van der Waals surface area contributed by atoms with Gasteiger partial charge in [-0.3, -0.25) is 4.79 Å². The number of para-hydroxylation sites is 1. The van der Waals surface area contributed by atoms with Gasteiger partial charge in [-0.2, -0.15) is 0 Å². The molecule has 1 atom stereocenters. The zero-order chi connectivity index (χ0) is 14.3. The summed E-state index contributed by atoms with van der Waals surface area (Å²) in [5, 5.41) is 11.2. The van der Waals surface area contributed by atoms with Crippen LogP contribution in [0.4, 0.5) is 0 Å². The molecule has 0 saturated heterocycles. The molecule has 19 heavy (non-hydrogen) atoms. The maximum Gasteiger partial charge on any atom is 0.326 e. The lowest BCUT2D eigenvalue weighted by Gasteiger charge is -2.13. The second-order valence-corrected chi connectivity index (χ2v) is 4.12. The van der Waals surface area contributed by atoms with Crippen LogP contribution in [-0.4, -0.2) is 29.6 Å². The molecule has 104 valence electrons. The van der Waals surface area contributed by atoms with Crippen LogP contribution in [0.25, 0.3) is 0 Å². The van der Waals surface area contributed by atoms with Crippen molar-refractivity contribution in [2.24, 2.45) is 0 Å². The molecule has 0 aliphatic carbocycles. The van der Waals surface area contributed by atoms with Crippen LogP contribution in [0.2, 0.25) is 0 Å². The number of carbonyl (C=O) groups is 2. The van der Waals surface area contributed by atoms with E-state index >= 15 is 0 Å². The highest BCUT2D eigenvalue weighted by atomic mass is 16.5. The molecule has 1 amide bonds. The van der Waals surface area contributed by atoms with Crippen molar-refractivity contribution in [3.63, 3.8) is 0 Å². The highest BCUT2D eigenvalue weighted by molar-refractivity contribution is 5.84. The third kappa shape index (κ3) is 4.62. The number of hydrogen-bond acceptors (Lipinski definition) is 3. The number of nitrogens with one attached hydrogen (secondary N) is 1. The Morgan fingerprint density at radius 1 is 1.32 bits per heavy atom. The van der Waals surface area contributed by atoms with Gasteiger partial charge >= 0.3 is 5.97 Å². The highest BCUT2D eigenvalue weighted by Crippen LogP contribution is 2.17. The minimum Gasteiger partial charge on any atom is -0.483 e. The van der Waals surface area contributed by atoms with Crippen LogP contribution in [0, 0.1) is 0 Å². The third-order valence-electron chi connectivity index (χ3n) is 2.75. The lowest BCUT2D eigenvalue weighted by Crippen LogP contribution is -2.42. The van der Waals surface area contributed by atoms with Gasteiger partial charge < -0.3 is 15.2 Å². The lowest BCUT2D eigenvalue weighted by molar-refractivity contribution is -0.142. The molecule has 1 unspecified atom stereocenters. The molecule has 0 aromatic heterocycles. The molecule has 0 radical (unpaired) electrons. The standard InChI is InChI=1S/C14H19NO4/c1-3-10-7-5-6-8-12(10)19-9-13(16)15-11(4-2)14(17)18/h5-8,11H,3-4,9H2,1-2H3,(H,15,16)(H,17,18). The van der Waals surface area contributed by atoms with Crippen LogP contribution in [0.1, 0.15) is 25.8 Å². The molecule has 0 heterocycles. The molecule has 2 N–H and O–H groups in total. The van der Waals surface area contributed by atoms with Gasteiger partial charge in [0.2, 0.25) is 0 Å². The number of benzene rings is 1. The van der Waals surface area contributed by atoms with Gasteiger partial charge in [-0.1, -0.05) is 32.0 Å². The second-order valence-electron chi connectivity index (χ2n) is 4.12. The zero-order valence-electron chi connectivity index (χ0n) is 11.2. The highest BCUT2D eigenvalue weighted by Gasteiger charge is 2.17. The van der Waals surface area contributed by atoms with E-state index in [2.05, 4.69) is 5.32 Å². The van der Waals surface area contributed by atoms with Gasteiger partial charge in [-0.25, -0.2) is 4.79 Å². The summed E-state index contributed by atoms with van der Waals surface area (Å²) in [6.07, 6.45) is 1.15. The largest absolute Gasteiger partial charge is 0.483 e. The number of ether oxygens (including phenoxy) is 1. The first kappa shape index (κ1) is 15.0. The Labute approximate surface area is 112 Å². The van der Waals surface area contributed by atoms with Gasteiger partial charge in [0.15, 0.2) is 6.61 Å². The van der Waals surface area contributed by atoms with Crippen LogP contribution >= 0.6 is 0 Å². The molecule has 0 spiro atoms. The Hall–Kier alpha value is -2.04. The van der Waals surface area contributed by atoms with Gasteiger partial charge in [0, 0.05) is 0 Å². The van der Waals surface area contributed by atoms with E-state index in [0.717, 1.165) is 12.0 Å². The first-order valence-electron chi connectivity index (χ1n) is 6.31. The van der Waals surface area contributed by atoms with E-state index in [1.807, 2.05) is 25.1 Å². The van der Waals surface area contributed by atoms with Crippen molar-refractivity contribution in [3.8, 4) is 5.75 Å². The van der Waals surface area contributed by atoms with E-state index in [-0.39, 0.29) is 6.61 Å². The average molecular weight is 265 g/mol. The molecule has 0 bridgehead atoms. The fourth-order valence-electron chi connectivity index (χ4n) is 1.65. The Kier molecular flexibility index (Phi) is 5.85. The number of aliphatic carboxylic acids is 1. The molecule has 0 aliphatic rings. The Morgan fingerprint density at radius 3 is 2.58 bits per heavy atom. The summed E-state index contributed by atoms with van der Waals surface area (Å²) < 4.78 is 5.41. The van der Waals surface area contributed by atoms with Crippen LogP contribution in [-0.2, 0) is 16.0 Å². The van der Waals surface area contributed by atoms with Gasteiger partial charge in [-0.15, -0.1) is 0 Å². The Morgan fingerprint density at radius 2 is 2.00 bits per heavy atom. The molecule has 5 nitrogen and oxygen atoms in total. The quantitative estimate of drug-likeness (QED) is 0.785. The number of hydrogen-bond donors (Lipinski definition) is 2. The number of carbonyl (C=O) groups excluding carboxylic acids is 1. The zero-order valence-corrected chi connectivity index (χ0v) is 11.2. The van der Waals surface area contributed by atoms with Crippen molar-refractivity contribution in [2.45, 2.75) is 32.7 Å². The first-order chi connectivity index (χ1) is 9.08. The predicted molar refractivity (Wildman–Crippen MR) is 71.2 cm³/mol. The summed E-state index contributed by atoms with van der Waals surface area (Å²) in [7, 11) is 0. The van der Waals surface area contributed by atoms with E-state index < -0.39 is 17.9 Å². The minimum atomic E-state index is -1.04. The molecule has 5 heteroatoms. The van der Waals surface area contributed by atoms with Crippen molar-refractivity contribution in [1.82, 2.24) is 5.32 Å². The SMILES string of the molecule is CCc1ccccc1OCC(=O)NC(CC)C(=O)O. The van der Waals surface area contributed by atoms with Crippen molar-refractivity contribution in [3.05, 3.63) is 29.8 Å². The maximum atomic E-state index is 11.6. The molecule has 0 saturated carbocycles. The summed E-state index contributed by atoms with van der Waals surface area (Å²) in [6, 6.07) is 6.60. The number of carboxylic acid groups (broad SMARTS) is 1. The summed E-state index contributed by atoms with van der Waals surface area (Å²) in [4.78, 5) is 22.4. The molecular formula is C14H19NO4. The predicted octanol–water partition coefficient (Wildman–Crippen LogP) is 1.61. The molecule has 1 aromatic carbocycles. The Balaban J connectivity index is 2.52. The van der Waals surface area contributed by atoms with E-state index in [4.69, 9.17) is 9.84 Å². The van der Waals surface area contributed by atoms with Gasteiger partial charge in [0.25, 0.3) is 5.91 Å². The second kappa shape index (κ2) is 7.41. The summed E-state index contributed by atoms with van der Waals surface area (Å²) >= 11 is 0. The average Bonchev–Trinajstić information content (AvgIpc) is 2.42. The first-order valence-corrected chi connectivity index (χ1v) is 6.31. The van der Waals surface area contributed by atoms with Crippen molar-refractivity contribution < 1.29 is 19.4 Å². The van der Waals surface area contributed by atoms with Crippen LogP contribution in [0.3, 0.4) is 0 Å². The molecule has 0 aliphatic heterocycles. The lowest BCUT2D eigenvalue weighted by atomic mass is 10.1. The molecule has 1 rings (SSSR count). The van der Waals surface area contributed by atoms with Gasteiger partial charge in [0.1, 0.15) is 11.8 Å². The monoisotopic (exact) mass is 265 g/mol. The third-order valence-corrected chi connectivity index (χ3v) is 2.75. The van der Waals surface area contributed by atoms with Crippen molar-refractivity contribution in [1.29, 1.82) is 0 Å². The van der Waals surface area contributed by atoms with Gasteiger partial charge in [0.05, 0.1) is 0 Å². The topological polar surface area (TPSA) is 75.6 Å². The summed E-state index contributed by atoms with van der Waals surface area (Å²) in [5.41, 5.74) is 1.01. The smallest absolute Gasteiger partial charge is 0.326 e. The normalized spacial score (nSPS) is 11.7. The van der Waals surface area contributed by atoms with Crippen LogP contribution in [0.5, 0.6) is 5.75 Å². The number of carboxylic acids is 1. The number of amides is 1. The molecule has 1 aromatic rings. The van der Waals surface area contributed by atoms with E-state index in [1.165, 1.54) is 0 Å². The molecule has 0 fully saturated rings. The summed E-state index contributed by atoms with van der Waals surface area (Å²) in [6.45, 7) is 3.52. The molecular weight excluding hydrogens is 246 g/mol. The van der Waals surface area contributed by atoms with Crippen molar-refractivity contribution >= 4 is 11.9 Å². The van der Waals surface area contributed by atoms with Crippen molar-refractivity contribution in [2.75, 3.05) is 6.61 Å². The Bertz CT molecular complexity index is 445. The number of aryl methyl sites for hydroxylation is 1. The fourth-order valence-corrected chi connectivity index (χ4v) is 1.65. The maximum absolute atomic E-state index is 11.6. The van der Waals surface area contributed by atoms with E-state index in [1.54, 1.807) is 13.0 Å². The fraction of sp³-hybridized carbons (Fsp3) is 0.429. The van der Waals surface area contributed by atoms with E-state index in [9.17, 15) is 9.59 Å². The van der Waals surface area contributed by atoms with Crippen LogP contribution < -0.4 is 10.1 Å². The van der Waals surface area contributed by atoms with E-state index in [0.29, 0.717) is 12.2 Å². The van der Waals surface area contributed by atoms with Crippen LogP contribution in [0.15, 0.2) is 24.3 Å². The minimum absolute atomic E-state index is 0.180. The summed E-state index contributed by atoms with van der Waals surface area (Å²) in [5.74, 6) is -0.812.